The van der Waals surface area contributed by atoms with Gasteiger partial charge in [0.1, 0.15) is 12.1 Å². The van der Waals surface area contributed by atoms with Crippen molar-refractivity contribution in [2.75, 3.05) is 6.54 Å². The highest BCUT2D eigenvalue weighted by Crippen LogP contribution is 2.33. The first-order chi connectivity index (χ1) is 18.7. The third kappa shape index (κ3) is 5.31. The molecule has 3 aromatic rings. The van der Waals surface area contributed by atoms with Crippen molar-refractivity contribution in [3.8, 4) is 10.4 Å². The number of benzene rings is 2. The van der Waals surface area contributed by atoms with Crippen LogP contribution in [0.4, 0.5) is 0 Å². The molecule has 0 unspecified atom stereocenters. The summed E-state index contributed by atoms with van der Waals surface area (Å²) in [7, 11) is 0. The molecule has 0 radical (unpaired) electrons. The molecule has 2 aliphatic heterocycles. The zero-order chi connectivity index (χ0) is 27.8. The second kappa shape index (κ2) is 11.1. The smallest absolute Gasteiger partial charge is 0.255 e. The molecule has 1 saturated heterocycles. The van der Waals surface area contributed by atoms with E-state index in [-0.39, 0.29) is 43.1 Å². The van der Waals surface area contributed by atoms with Crippen molar-refractivity contribution in [2.24, 2.45) is 5.92 Å². The molecule has 1 aromatic heterocycles. The third-order valence-corrected chi connectivity index (χ3v) is 8.78. The number of hydrogen-bond acceptors (Lipinski definition) is 6. The van der Waals surface area contributed by atoms with Crippen molar-refractivity contribution in [3.63, 3.8) is 0 Å². The van der Waals surface area contributed by atoms with Crippen LogP contribution in [0.15, 0.2) is 48.0 Å². The maximum Gasteiger partial charge on any atom is 0.255 e. The van der Waals surface area contributed by atoms with Crippen LogP contribution in [-0.2, 0) is 22.7 Å². The lowest BCUT2D eigenvalue weighted by atomic mass is 10.0. The van der Waals surface area contributed by atoms with Gasteiger partial charge in [0.2, 0.25) is 11.8 Å². The number of amides is 3. The average Bonchev–Trinajstić information content (AvgIpc) is 3.61. The van der Waals surface area contributed by atoms with Gasteiger partial charge in [-0.25, -0.2) is 4.98 Å². The Balaban J connectivity index is 1.28. The molecule has 2 aromatic carbocycles. The summed E-state index contributed by atoms with van der Waals surface area (Å²) in [5, 5.41) is 13.9. The lowest BCUT2D eigenvalue weighted by molar-refractivity contribution is -0.143. The summed E-state index contributed by atoms with van der Waals surface area (Å²) in [5.74, 6) is -1.14. The first kappa shape index (κ1) is 27.3. The van der Waals surface area contributed by atoms with E-state index < -0.39 is 18.2 Å². The number of aliphatic hydroxyl groups is 1. The van der Waals surface area contributed by atoms with Gasteiger partial charge in [0.25, 0.3) is 5.91 Å². The van der Waals surface area contributed by atoms with Crippen LogP contribution in [-0.4, -0.2) is 62.3 Å². The first-order valence-corrected chi connectivity index (χ1v) is 14.3. The number of rotatable bonds is 7. The van der Waals surface area contributed by atoms with Gasteiger partial charge >= 0.3 is 0 Å². The second-order valence-corrected chi connectivity index (χ2v) is 11.7. The number of aliphatic hydroxyl groups excluding tert-OH is 1. The SMILES string of the molecule is Cc1ncsc1-c1ccc(CNC(=O)[C@@H]2C[C@@H](O)CN2C(=O)[C@H](C(C)C)N2Cc3c(Cl)cccc3C2=O)cc1. The molecule has 3 heterocycles. The topological polar surface area (TPSA) is 103 Å². The van der Waals surface area contributed by atoms with Crippen molar-refractivity contribution in [2.45, 2.75) is 58.5 Å². The van der Waals surface area contributed by atoms with E-state index in [0.717, 1.165) is 21.7 Å². The number of fused-ring (bicyclic) bond motifs is 1. The first-order valence-electron chi connectivity index (χ1n) is 13.0. The standard InChI is InChI=1S/C29H31ClN4O4S/c1-16(2)25(34-14-22-21(28(34)37)5-4-6-23(22)30)29(38)33-13-20(35)11-24(33)27(36)31-12-18-7-9-19(10-8-18)26-17(3)32-15-39-26/h4-10,15-16,20,24-25,35H,11-14H2,1-3H3,(H,31,36)/t20-,24+,25+/m1/s1. The summed E-state index contributed by atoms with van der Waals surface area (Å²) in [6.45, 7) is 6.28. The van der Waals surface area contributed by atoms with Gasteiger partial charge in [-0.05, 0) is 36.1 Å². The van der Waals surface area contributed by atoms with E-state index in [0.29, 0.717) is 22.7 Å². The summed E-state index contributed by atoms with van der Waals surface area (Å²) in [4.78, 5) is 48.7. The number of aromatic nitrogens is 1. The molecule has 39 heavy (non-hydrogen) atoms. The lowest BCUT2D eigenvalue weighted by Crippen LogP contribution is -2.55. The van der Waals surface area contributed by atoms with Gasteiger partial charge in [-0.15, -0.1) is 11.3 Å². The summed E-state index contributed by atoms with van der Waals surface area (Å²) in [6.07, 6.45) is -0.674. The molecule has 0 aliphatic carbocycles. The number of carbonyl (C=O) groups excluding carboxylic acids is 3. The van der Waals surface area contributed by atoms with Crippen LogP contribution in [0.5, 0.6) is 0 Å². The molecule has 0 saturated carbocycles. The van der Waals surface area contributed by atoms with E-state index in [4.69, 9.17) is 11.6 Å². The van der Waals surface area contributed by atoms with Crippen molar-refractivity contribution in [3.05, 3.63) is 75.4 Å². The predicted octanol–water partition coefficient (Wildman–Crippen LogP) is 4.03. The van der Waals surface area contributed by atoms with Gasteiger partial charge < -0.3 is 20.2 Å². The Hall–Kier alpha value is -3.27. The fourth-order valence-electron chi connectivity index (χ4n) is 5.46. The van der Waals surface area contributed by atoms with Gasteiger partial charge in [0, 0.05) is 42.2 Å². The van der Waals surface area contributed by atoms with Crippen molar-refractivity contribution >= 4 is 40.7 Å². The minimum atomic E-state index is -0.823. The number of aryl methyl sites for hydroxylation is 1. The van der Waals surface area contributed by atoms with Crippen LogP contribution in [0, 0.1) is 12.8 Å². The highest BCUT2D eigenvalue weighted by molar-refractivity contribution is 7.13. The molecule has 3 amide bonds. The maximum atomic E-state index is 13.9. The molecule has 2 aliphatic rings. The lowest BCUT2D eigenvalue weighted by Gasteiger charge is -2.35. The Bertz CT molecular complexity index is 1410. The van der Waals surface area contributed by atoms with E-state index in [1.807, 2.05) is 50.5 Å². The molecule has 10 heteroatoms. The quantitative estimate of drug-likeness (QED) is 0.449. The Morgan fingerprint density at radius 1 is 1.21 bits per heavy atom. The number of nitrogens with one attached hydrogen (secondary N) is 1. The molecule has 8 nitrogen and oxygen atoms in total. The van der Waals surface area contributed by atoms with E-state index in [2.05, 4.69) is 10.3 Å². The van der Waals surface area contributed by atoms with E-state index in [1.165, 1.54) is 9.80 Å². The molecule has 5 rings (SSSR count). The Morgan fingerprint density at radius 2 is 1.95 bits per heavy atom. The summed E-state index contributed by atoms with van der Waals surface area (Å²) in [6, 6.07) is 11.5. The molecule has 2 N–H and O–H groups in total. The van der Waals surface area contributed by atoms with Crippen LogP contribution in [0.1, 0.15) is 47.4 Å². The Morgan fingerprint density at radius 3 is 2.59 bits per heavy atom. The van der Waals surface area contributed by atoms with E-state index in [9.17, 15) is 19.5 Å². The predicted molar refractivity (Wildman–Crippen MR) is 150 cm³/mol. The fraction of sp³-hybridized carbons (Fsp3) is 0.379. The molecular weight excluding hydrogens is 536 g/mol. The largest absolute Gasteiger partial charge is 0.391 e. The zero-order valence-electron chi connectivity index (χ0n) is 22.1. The van der Waals surface area contributed by atoms with Crippen molar-refractivity contribution < 1.29 is 19.5 Å². The summed E-state index contributed by atoms with van der Waals surface area (Å²) in [5.41, 5.74) is 5.98. The maximum absolute atomic E-state index is 13.9. The number of carbonyl (C=O) groups is 3. The number of thiazole rings is 1. The summed E-state index contributed by atoms with van der Waals surface area (Å²) < 4.78 is 0. The fourth-order valence-corrected chi connectivity index (χ4v) is 6.50. The van der Waals surface area contributed by atoms with E-state index in [1.54, 1.807) is 29.5 Å². The monoisotopic (exact) mass is 566 g/mol. The highest BCUT2D eigenvalue weighted by Gasteiger charge is 2.46. The van der Waals surface area contributed by atoms with Crippen LogP contribution in [0.2, 0.25) is 5.02 Å². The average molecular weight is 567 g/mol. The number of hydrogen-bond donors (Lipinski definition) is 2. The zero-order valence-corrected chi connectivity index (χ0v) is 23.6. The molecule has 1 fully saturated rings. The van der Waals surface area contributed by atoms with Gasteiger partial charge in [0.05, 0.1) is 22.2 Å². The van der Waals surface area contributed by atoms with Crippen LogP contribution in [0.25, 0.3) is 10.4 Å². The van der Waals surface area contributed by atoms with Crippen LogP contribution in [0.3, 0.4) is 0 Å². The summed E-state index contributed by atoms with van der Waals surface area (Å²) >= 11 is 7.92. The van der Waals surface area contributed by atoms with Crippen LogP contribution < -0.4 is 5.32 Å². The number of nitrogens with zero attached hydrogens (tertiary/aromatic N) is 3. The van der Waals surface area contributed by atoms with Crippen molar-refractivity contribution in [1.29, 1.82) is 0 Å². The van der Waals surface area contributed by atoms with Gasteiger partial charge in [0.15, 0.2) is 0 Å². The third-order valence-electron chi connectivity index (χ3n) is 7.45. The highest BCUT2D eigenvalue weighted by atomic mass is 35.5. The van der Waals surface area contributed by atoms with Crippen LogP contribution >= 0.6 is 22.9 Å². The molecule has 0 spiro atoms. The molecule has 204 valence electrons. The van der Waals surface area contributed by atoms with E-state index >= 15 is 0 Å². The molecule has 0 bridgehead atoms. The Labute approximate surface area is 236 Å². The van der Waals surface area contributed by atoms with Crippen molar-refractivity contribution in [1.82, 2.24) is 20.1 Å². The number of β-amino-alcohol motifs (C(OH)–C–C–N with tert-alkyl or cyclic N) is 1. The van der Waals surface area contributed by atoms with Gasteiger partial charge in [-0.1, -0.05) is 55.8 Å². The number of halogens is 1. The molecule has 3 atom stereocenters. The second-order valence-electron chi connectivity index (χ2n) is 10.5. The van der Waals surface area contributed by atoms with Gasteiger partial charge in [-0.2, -0.15) is 0 Å². The number of likely N-dealkylation sites (tertiary alicyclic amines) is 1. The van der Waals surface area contributed by atoms with Gasteiger partial charge in [-0.3, -0.25) is 14.4 Å². The Kier molecular flexibility index (Phi) is 7.75. The normalized spacial score (nSPS) is 19.5. The molecular formula is C29H31ClN4O4S. The minimum absolute atomic E-state index is 0.0404. The minimum Gasteiger partial charge on any atom is -0.391 e.